The van der Waals surface area contributed by atoms with Crippen LogP contribution < -0.4 is 10.1 Å². The van der Waals surface area contributed by atoms with E-state index in [1.807, 2.05) is 38.4 Å². The van der Waals surface area contributed by atoms with Crippen molar-refractivity contribution in [2.24, 2.45) is 4.99 Å². The molecule has 0 unspecified atom stereocenters. The highest BCUT2D eigenvalue weighted by molar-refractivity contribution is 14.0. The molecule has 0 bridgehead atoms. The minimum Gasteiger partial charge on any atom is -0.496 e. The molecule has 130 valence electrons. The molecular weight excluding hydrogens is 413 g/mol. The number of methoxy groups -OCH3 is 1. The molecule has 0 spiro atoms. The second-order valence-electron chi connectivity index (χ2n) is 5.38. The molecular formula is C19H26IN3O. The zero-order valence-electron chi connectivity index (χ0n) is 14.5. The molecule has 4 nitrogen and oxygen atoms in total. The van der Waals surface area contributed by atoms with E-state index in [2.05, 4.69) is 45.5 Å². The molecule has 0 aliphatic rings. The van der Waals surface area contributed by atoms with Crippen LogP contribution in [0.25, 0.3) is 0 Å². The molecule has 0 aromatic heterocycles. The lowest BCUT2D eigenvalue weighted by Crippen LogP contribution is -2.39. The summed E-state index contributed by atoms with van der Waals surface area (Å²) >= 11 is 0. The molecule has 0 saturated carbocycles. The van der Waals surface area contributed by atoms with Crippen LogP contribution in [-0.2, 0) is 13.0 Å². The smallest absolute Gasteiger partial charge is 0.193 e. The first kappa shape index (κ1) is 20.3. The summed E-state index contributed by atoms with van der Waals surface area (Å²) in [5, 5.41) is 3.41. The molecule has 0 aliphatic carbocycles. The number of ether oxygens (including phenoxy) is 1. The predicted octanol–water partition coefficient (Wildman–Crippen LogP) is 3.56. The second-order valence-corrected chi connectivity index (χ2v) is 5.38. The summed E-state index contributed by atoms with van der Waals surface area (Å²) < 4.78 is 5.39. The lowest BCUT2D eigenvalue weighted by Gasteiger charge is -2.22. The highest BCUT2D eigenvalue weighted by Gasteiger charge is 2.07. The van der Waals surface area contributed by atoms with Gasteiger partial charge in [-0.1, -0.05) is 48.5 Å². The van der Waals surface area contributed by atoms with Gasteiger partial charge in [0, 0.05) is 27.2 Å². The summed E-state index contributed by atoms with van der Waals surface area (Å²) in [6.45, 7) is 1.64. The maximum Gasteiger partial charge on any atom is 0.193 e. The number of hydrogen-bond donors (Lipinski definition) is 1. The number of hydrogen-bond acceptors (Lipinski definition) is 2. The minimum atomic E-state index is 0. The molecule has 0 heterocycles. The standard InChI is InChI=1S/C19H25N3O.HI/c1-20-19(22(2)15-16-9-5-4-6-10-16)21-14-13-17-11-7-8-12-18(17)23-3;/h4-12H,13-15H2,1-3H3,(H,20,21);1H. The summed E-state index contributed by atoms with van der Waals surface area (Å²) in [5.41, 5.74) is 2.46. The van der Waals surface area contributed by atoms with Crippen molar-refractivity contribution in [1.82, 2.24) is 10.2 Å². The molecule has 24 heavy (non-hydrogen) atoms. The monoisotopic (exact) mass is 439 g/mol. The maximum absolute atomic E-state index is 5.39. The van der Waals surface area contributed by atoms with Gasteiger partial charge in [0.05, 0.1) is 7.11 Å². The summed E-state index contributed by atoms with van der Waals surface area (Å²) in [6, 6.07) is 18.5. The van der Waals surface area contributed by atoms with Crippen LogP contribution in [0.3, 0.4) is 0 Å². The number of halogens is 1. The van der Waals surface area contributed by atoms with Crippen LogP contribution in [-0.4, -0.2) is 38.6 Å². The molecule has 5 heteroatoms. The van der Waals surface area contributed by atoms with Crippen molar-refractivity contribution in [2.45, 2.75) is 13.0 Å². The van der Waals surface area contributed by atoms with Gasteiger partial charge in [-0.25, -0.2) is 0 Å². The number of nitrogens with one attached hydrogen (secondary N) is 1. The summed E-state index contributed by atoms with van der Waals surface area (Å²) in [4.78, 5) is 6.48. The van der Waals surface area contributed by atoms with Crippen molar-refractivity contribution in [2.75, 3.05) is 27.7 Å². The predicted molar refractivity (Wildman–Crippen MR) is 111 cm³/mol. The van der Waals surface area contributed by atoms with Crippen LogP contribution in [0.2, 0.25) is 0 Å². The lowest BCUT2D eigenvalue weighted by atomic mass is 10.1. The number of guanidine groups is 1. The largest absolute Gasteiger partial charge is 0.496 e. The molecule has 0 amide bonds. The van der Waals surface area contributed by atoms with Crippen molar-refractivity contribution >= 4 is 29.9 Å². The Labute approximate surface area is 162 Å². The third kappa shape index (κ3) is 6.03. The molecule has 0 fully saturated rings. The maximum atomic E-state index is 5.39. The first-order valence-electron chi connectivity index (χ1n) is 7.82. The molecule has 2 rings (SSSR count). The van der Waals surface area contributed by atoms with Crippen LogP contribution in [0.5, 0.6) is 5.75 Å². The highest BCUT2D eigenvalue weighted by Crippen LogP contribution is 2.17. The molecule has 1 N–H and O–H groups in total. The van der Waals surface area contributed by atoms with Gasteiger partial charge < -0.3 is 15.0 Å². The zero-order chi connectivity index (χ0) is 16.5. The Hall–Kier alpha value is -1.76. The Morgan fingerprint density at radius 3 is 2.42 bits per heavy atom. The van der Waals surface area contributed by atoms with Crippen LogP contribution >= 0.6 is 24.0 Å². The van der Waals surface area contributed by atoms with Crippen LogP contribution in [0.1, 0.15) is 11.1 Å². The number of para-hydroxylation sites is 1. The first-order chi connectivity index (χ1) is 11.2. The Kier molecular flexibility index (Phi) is 9.22. The molecule has 0 radical (unpaired) electrons. The van der Waals surface area contributed by atoms with Gasteiger partial charge in [-0.05, 0) is 23.6 Å². The molecule has 2 aromatic carbocycles. The van der Waals surface area contributed by atoms with Crippen molar-refractivity contribution in [1.29, 1.82) is 0 Å². The van der Waals surface area contributed by atoms with Gasteiger partial charge >= 0.3 is 0 Å². The third-order valence-electron chi connectivity index (χ3n) is 3.71. The fraction of sp³-hybridized carbons (Fsp3) is 0.316. The van der Waals surface area contributed by atoms with E-state index in [0.717, 1.165) is 31.2 Å². The normalized spacial score (nSPS) is 10.7. The van der Waals surface area contributed by atoms with Crippen molar-refractivity contribution in [3.8, 4) is 5.75 Å². The Bertz CT molecular complexity index is 632. The molecule has 0 saturated heterocycles. The van der Waals surface area contributed by atoms with Gasteiger partial charge in [0.2, 0.25) is 0 Å². The van der Waals surface area contributed by atoms with Gasteiger partial charge in [-0.15, -0.1) is 24.0 Å². The van der Waals surface area contributed by atoms with E-state index < -0.39 is 0 Å². The van der Waals surface area contributed by atoms with Crippen LogP contribution in [0.15, 0.2) is 59.6 Å². The number of rotatable bonds is 6. The van der Waals surface area contributed by atoms with E-state index >= 15 is 0 Å². The van der Waals surface area contributed by atoms with Crippen LogP contribution in [0.4, 0.5) is 0 Å². The van der Waals surface area contributed by atoms with Crippen molar-refractivity contribution < 1.29 is 4.74 Å². The third-order valence-corrected chi connectivity index (χ3v) is 3.71. The highest BCUT2D eigenvalue weighted by atomic mass is 127. The van der Waals surface area contributed by atoms with E-state index in [1.54, 1.807) is 7.11 Å². The number of aliphatic imine (C=N–C) groups is 1. The molecule has 2 aromatic rings. The zero-order valence-corrected chi connectivity index (χ0v) is 16.9. The first-order valence-corrected chi connectivity index (χ1v) is 7.82. The SMILES string of the molecule is CN=C(NCCc1ccccc1OC)N(C)Cc1ccccc1.I. The Balaban J connectivity index is 0.00000288. The van der Waals surface area contributed by atoms with Gasteiger partial charge in [0.1, 0.15) is 5.75 Å². The average Bonchev–Trinajstić information content (AvgIpc) is 2.60. The van der Waals surface area contributed by atoms with Gasteiger partial charge in [-0.2, -0.15) is 0 Å². The van der Waals surface area contributed by atoms with Gasteiger partial charge in [0.15, 0.2) is 5.96 Å². The number of benzene rings is 2. The summed E-state index contributed by atoms with van der Waals surface area (Å²) in [6.07, 6.45) is 0.891. The second kappa shape index (κ2) is 10.9. The average molecular weight is 439 g/mol. The molecule has 0 aliphatic heterocycles. The lowest BCUT2D eigenvalue weighted by molar-refractivity contribution is 0.409. The van der Waals surface area contributed by atoms with Crippen molar-refractivity contribution in [3.05, 3.63) is 65.7 Å². The van der Waals surface area contributed by atoms with E-state index in [1.165, 1.54) is 11.1 Å². The summed E-state index contributed by atoms with van der Waals surface area (Å²) in [7, 11) is 5.57. The van der Waals surface area contributed by atoms with E-state index in [9.17, 15) is 0 Å². The van der Waals surface area contributed by atoms with E-state index in [4.69, 9.17) is 4.74 Å². The van der Waals surface area contributed by atoms with E-state index in [0.29, 0.717) is 0 Å². The van der Waals surface area contributed by atoms with E-state index in [-0.39, 0.29) is 24.0 Å². The minimum absolute atomic E-state index is 0. The quantitative estimate of drug-likeness (QED) is 0.425. The van der Waals surface area contributed by atoms with Crippen LogP contribution in [0, 0.1) is 0 Å². The number of nitrogens with zero attached hydrogens (tertiary/aromatic N) is 2. The van der Waals surface area contributed by atoms with Crippen molar-refractivity contribution in [3.63, 3.8) is 0 Å². The van der Waals surface area contributed by atoms with Gasteiger partial charge in [-0.3, -0.25) is 4.99 Å². The Morgan fingerprint density at radius 1 is 1.08 bits per heavy atom. The summed E-state index contributed by atoms with van der Waals surface area (Å²) in [5.74, 6) is 1.82. The molecule has 0 atom stereocenters. The fourth-order valence-electron chi connectivity index (χ4n) is 2.54. The Morgan fingerprint density at radius 2 is 1.75 bits per heavy atom. The van der Waals surface area contributed by atoms with Gasteiger partial charge in [0.25, 0.3) is 0 Å². The topological polar surface area (TPSA) is 36.9 Å². The fourth-order valence-corrected chi connectivity index (χ4v) is 2.54.